The average molecular weight is 446 g/mol. The van der Waals surface area contributed by atoms with Crippen molar-refractivity contribution >= 4 is 43.2 Å². The van der Waals surface area contributed by atoms with Crippen molar-refractivity contribution in [1.29, 1.82) is 0 Å². The van der Waals surface area contributed by atoms with Crippen LogP contribution in [-0.2, 0) is 14.8 Å². The number of methoxy groups -OCH3 is 1. The number of nitrogens with one attached hydrogen (secondary N) is 1. The first kappa shape index (κ1) is 20.8. The van der Waals surface area contributed by atoms with Gasteiger partial charge in [0.2, 0.25) is 15.9 Å². The molecule has 7 nitrogen and oxygen atoms in total. The number of fused-ring (bicyclic) bond motifs is 1. The number of hydrogen-bond acceptors (Lipinski definition) is 6. The predicted molar refractivity (Wildman–Crippen MR) is 118 cm³/mol. The summed E-state index contributed by atoms with van der Waals surface area (Å²) in [7, 11) is -2.24. The van der Waals surface area contributed by atoms with Crippen LogP contribution in [-0.4, -0.2) is 43.8 Å². The van der Waals surface area contributed by atoms with Crippen LogP contribution in [0.3, 0.4) is 0 Å². The number of rotatable bonds is 5. The van der Waals surface area contributed by atoms with Crippen LogP contribution in [0.2, 0.25) is 0 Å². The zero-order valence-electron chi connectivity index (χ0n) is 16.8. The highest BCUT2D eigenvalue weighted by atomic mass is 32.2. The predicted octanol–water partition coefficient (Wildman–Crippen LogP) is 3.83. The van der Waals surface area contributed by atoms with E-state index in [1.807, 2.05) is 24.3 Å². The number of ether oxygens (including phenoxy) is 1. The van der Waals surface area contributed by atoms with E-state index >= 15 is 0 Å². The Morgan fingerprint density at radius 1 is 1.27 bits per heavy atom. The molecule has 0 aliphatic carbocycles. The molecule has 1 fully saturated rings. The molecule has 0 spiro atoms. The summed E-state index contributed by atoms with van der Waals surface area (Å²) >= 11 is 1.63. The largest absolute Gasteiger partial charge is 0.495 e. The number of carbonyl (C=O) groups excluding carboxylic acids is 1. The molecule has 0 radical (unpaired) electrons. The van der Waals surface area contributed by atoms with Gasteiger partial charge in [-0.25, -0.2) is 13.4 Å². The number of para-hydroxylation sites is 1. The fourth-order valence-electron chi connectivity index (χ4n) is 3.71. The Labute approximate surface area is 179 Å². The molecule has 3 aromatic rings. The molecule has 30 heavy (non-hydrogen) atoms. The van der Waals surface area contributed by atoms with Crippen molar-refractivity contribution < 1.29 is 17.9 Å². The second-order valence-corrected chi connectivity index (χ2v) is 10.3. The van der Waals surface area contributed by atoms with E-state index in [0.29, 0.717) is 24.5 Å². The summed E-state index contributed by atoms with van der Waals surface area (Å²) in [5.41, 5.74) is 1.29. The second kappa shape index (κ2) is 8.33. The Hall–Kier alpha value is -2.49. The highest BCUT2D eigenvalue weighted by Crippen LogP contribution is 2.36. The number of sulfonamides is 1. The molecule has 1 N–H and O–H groups in total. The average Bonchev–Trinajstić information content (AvgIpc) is 3.18. The maximum atomic E-state index is 13.3. The SMILES string of the molecule is COc1ccc(S(=O)(=O)N2CCC[C@H](c3nc4ccccc4s3)C2)cc1NC(C)=O. The van der Waals surface area contributed by atoms with E-state index in [1.54, 1.807) is 17.4 Å². The van der Waals surface area contributed by atoms with Gasteiger partial charge in [-0.2, -0.15) is 4.31 Å². The van der Waals surface area contributed by atoms with Crippen LogP contribution in [0.25, 0.3) is 10.2 Å². The van der Waals surface area contributed by atoms with Crippen LogP contribution in [0.5, 0.6) is 5.75 Å². The first-order valence-corrected chi connectivity index (χ1v) is 12.0. The van der Waals surface area contributed by atoms with E-state index in [1.165, 1.54) is 30.5 Å². The van der Waals surface area contributed by atoms with Gasteiger partial charge in [-0.1, -0.05) is 12.1 Å². The van der Waals surface area contributed by atoms with Crippen molar-refractivity contribution in [1.82, 2.24) is 9.29 Å². The molecule has 0 unspecified atom stereocenters. The van der Waals surface area contributed by atoms with E-state index in [0.717, 1.165) is 28.1 Å². The van der Waals surface area contributed by atoms with E-state index < -0.39 is 10.0 Å². The molecule has 2 heterocycles. The summed E-state index contributed by atoms with van der Waals surface area (Å²) < 4.78 is 34.5. The number of carbonyl (C=O) groups is 1. The van der Waals surface area contributed by atoms with Gasteiger partial charge in [0.15, 0.2) is 0 Å². The fraction of sp³-hybridized carbons (Fsp3) is 0.333. The molecule has 1 saturated heterocycles. The third-order valence-corrected chi connectivity index (χ3v) is 8.22. The minimum Gasteiger partial charge on any atom is -0.495 e. The molecule has 2 aromatic carbocycles. The van der Waals surface area contributed by atoms with Crippen molar-refractivity contribution in [2.45, 2.75) is 30.6 Å². The number of anilines is 1. The highest BCUT2D eigenvalue weighted by molar-refractivity contribution is 7.89. The number of piperidine rings is 1. The summed E-state index contributed by atoms with van der Waals surface area (Å²) in [5.74, 6) is 0.186. The third-order valence-electron chi connectivity index (χ3n) is 5.16. The van der Waals surface area contributed by atoms with Gasteiger partial charge in [0.1, 0.15) is 5.75 Å². The van der Waals surface area contributed by atoms with Gasteiger partial charge in [-0.15, -0.1) is 11.3 Å². The molecule has 0 saturated carbocycles. The Bertz CT molecular complexity index is 1160. The van der Waals surface area contributed by atoms with Crippen LogP contribution in [0.4, 0.5) is 5.69 Å². The number of nitrogens with zero attached hydrogens (tertiary/aromatic N) is 2. The first-order chi connectivity index (χ1) is 14.4. The standard InChI is InChI=1S/C21H23N3O4S2/c1-14(25)22-18-12-16(9-10-19(18)28-2)30(26,27)24-11-5-6-15(13-24)21-23-17-7-3-4-8-20(17)29-21/h3-4,7-10,12,15H,5-6,11,13H2,1-2H3,(H,22,25)/t15-/m0/s1. The Morgan fingerprint density at radius 3 is 2.80 bits per heavy atom. The molecule has 158 valence electrons. The lowest BCUT2D eigenvalue weighted by molar-refractivity contribution is -0.114. The van der Waals surface area contributed by atoms with E-state index in [-0.39, 0.29) is 16.7 Å². The molecule has 4 rings (SSSR count). The van der Waals surface area contributed by atoms with Gasteiger partial charge < -0.3 is 10.1 Å². The van der Waals surface area contributed by atoms with E-state index in [9.17, 15) is 13.2 Å². The number of amides is 1. The summed E-state index contributed by atoms with van der Waals surface area (Å²) in [4.78, 5) is 16.3. The van der Waals surface area contributed by atoms with Gasteiger partial charge in [0.05, 0.1) is 32.9 Å². The maximum absolute atomic E-state index is 13.3. The summed E-state index contributed by atoms with van der Waals surface area (Å²) in [6.07, 6.45) is 1.68. The molecule has 1 aliphatic heterocycles. The Balaban J connectivity index is 1.61. The van der Waals surface area contributed by atoms with Gasteiger partial charge in [0.25, 0.3) is 0 Å². The lowest BCUT2D eigenvalue weighted by atomic mass is 10.0. The number of hydrogen-bond donors (Lipinski definition) is 1. The molecule has 1 amide bonds. The van der Waals surface area contributed by atoms with E-state index in [4.69, 9.17) is 9.72 Å². The summed E-state index contributed by atoms with van der Waals surface area (Å²) in [5, 5.41) is 3.61. The van der Waals surface area contributed by atoms with Crippen LogP contribution in [0.1, 0.15) is 30.7 Å². The van der Waals surface area contributed by atoms with Crippen LogP contribution in [0.15, 0.2) is 47.4 Å². The number of benzene rings is 2. The molecule has 0 bridgehead atoms. The van der Waals surface area contributed by atoms with Crippen LogP contribution >= 0.6 is 11.3 Å². The minimum atomic E-state index is -3.71. The van der Waals surface area contributed by atoms with Gasteiger partial charge in [-0.05, 0) is 43.2 Å². The quantitative estimate of drug-likeness (QED) is 0.645. The maximum Gasteiger partial charge on any atom is 0.243 e. The number of aromatic nitrogens is 1. The molecular formula is C21H23N3O4S2. The summed E-state index contributed by atoms with van der Waals surface area (Å²) in [6, 6.07) is 12.5. The van der Waals surface area contributed by atoms with Gasteiger partial charge in [0, 0.05) is 25.9 Å². The lowest BCUT2D eigenvalue weighted by Gasteiger charge is -2.31. The van der Waals surface area contributed by atoms with Gasteiger partial charge >= 0.3 is 0 Å². The smallest absolute Gasteiger partial charge is 0.243 e. The molecule has 1 aromatic heterocycles. The van der Waals surface area contributed by atoms with Crippen molar-refractivity contribution in [2.24, 2.45) is 0 Å². The van der Waals surface area contributed by atoms with Crippen molar-refractivity contribution in [2.75, 3.05) is 25.5 Å². The lowest BCUT2D eigenvalue weighted by Crippen LogP contribution is -2.39. The zero-order chi connectivity index (χ0) is 21.3. The molecule has 1 atom stereocenters. The second-order valence-electron chi connectivity index (χ2n) is 7.27. The fourth-order valence-corrected chi connectivity index (χ4v) is 6.35. The van der Waals surface area contributed by atoms with Crippen molar-refractivity contribution in [3.63, 3.8) is 0 Å². The van der Waals surface area contributed by atoms with E-state index in [2.05, 4.69) is 5.32 Å². The zero-order valence-corrected chi connectivity index (χ0v) is 18.4. The van der Waals surface area contributed by atoms with Crippen LogP contribution in [0, 0.1) is 0 Å². The topological polar surface area (TPSA) is 88.6 Å². The Morgan fingerprint density at radius 2 is 2.07 bits per heavy atom. The van der Waals surface area contributed by atoms with Crippen molar-refractivity contribution in [3.05, 3.63) is 47.5 Å². The Kier molecular flexibility index (Phi) is 5.77. The normalized spacial score (nSPS) is 17.7. The summed E-state index contributed by atoms with van der Waals surface area (Å²) in [6.45, 7) is 2.22. The molecule has 9 heteroatoms. The first-order valence-electron chi connectivity index (χ1n) is 9.70. The number of thiazole rings is 1. The highest BCUT2D eigenvalue weighted by Gasteiger charge is 2.32. The molecule has 1 aliphatic rings. The van der Waals surface area contributed by atoms with Crippen LogP contribution < -0.4 is 10.1 Å². The van der Waals surface area contributed by atoms with Gasteiger partial charge in [-0.3, -0.25) is 4.79 Å². The monoisotopic (exact) mass is 445 g/mol. The third kappa shape index (κ3) is 4.05. The minimum absolute atomic E-state index is 0.0685. The van der Waals surface area contributed by atoms with Crippen molar-refractivity contribution in [3.8, 4) is 5.75 Å². The molecular weight excluding hydrogens is 422 g/mol.